The number of carbonyl (C=O) groups excluding carboxylic acids is 3. The second-order valence-electron chi connectivity index (χ2n) is 20.7. The normalized spacial score (nSPS) is 12.3. The van der Waals surface area contributed by atoms with Crippen molar-refractivity contribution >= 4 is 17.9 Å². The van der Waals surface area contributed by atoms with Gasteiger partial charge < -0.3 is 14.2 Å². The van der Waals surface area contributed by atoms with Gasteiger partial charge in [-0.15, -0.1) is 0 Å². The summed E-state index contributed by atoms with van der Waals surface area (Å²) in [6.07, 6.45) is 72.5. The molecule has 0 heterocycles. The summed E-state index contributed by atoms with van der Waals surface area (Å²) in [7, 11) is 0. The second kappa shape index (κ2) is 58.9. The number of ether oxygens (including phenoxy) is 3. The summed E-state index contributed by atoms with van der Waals surface area (Å²) in [6.45, 7) is 6.63. The first kappa shape index (κ1) is 67.4. The van der Waals surface area contributed by atoms with Crippen LogP contribution in [-0.2, 0) is 28.6 Å². The largest absolute Gasteiger partial charge is 0.462 e. The summed E-state index contributed by atoms with van der Waals surface area (Å²) in [4.78, 5) is 38.2. The average molecular weight is 982 g/mol. The molecular formula is C64H116O6. The van der Waals surface area contributed by atoms with Crippen LogP contribution in [-0.4, -0.2) is 37.2 Å². The molecule has 0 saturated carbocycles. The minimum absolute atomic E-state index is 0.0802. The highest BCUT2D eigenvalue weighted by Gasteiger charge is 2.19. The number of hydrogen-bond donors (Lipinski definition) is 0. The third-order valence-electron chi connectivity index (χ3n) is 13.6. The number of unbranched alkanes of at least 4 members (excludes halogenated alkanes) is 39. The topological polar surface area (TPSA) is 78.9 Å². The lowest BCUT2D eigenvalue weighted by Gasteiger charge is -2.18. The second-order valence-corrected chi connectivity index (χ2v) is 20.7. The van der Waals surface area contributed by atoms with Crippen LogP contribution in [0.5, 0.6) is 0 Å². The summed E-state index contributed by atoms with van der Waals surface area (Å²) < 4.78 is 16.9. The average Bonchev–Trinajstić information content (AvgIpc) is 3.36. The van der Waals surface area contributed by atoms with E-state index in [0.717, 1.165) is 70.6 Å². The Hall–Kier alpha value is -2.63. The molecule has 0 aliphatic carbocycles. The van der Waals surface area contributed by atoms with Crippen LogP contribution in [0.25, 0.3) is 0 Å². The Labute approximate surface area is 435 Å². The number of rotatable bonds is 56. The van der Waals surface area contributed by atoms with Crippen molar-refractivity contribution in [2.45, 2.75) is 329 Å². The molecule has 6 heteroatoms. The Bertz CT molecular complexity index is 1220. The van der Waals surface area contributed by atoms with E-state index in [2.05, 4.69) is 69.4 Å². The van der Waals surface area contributed by atoms with Gasteiger partial charge in [-0.3, -0.25) is 14.4 Å². The lowest BCUT2D eigenvalue weighted by molar-refractivity contribution is -0.167. The molecule has 0 rings (SSSR count). The van der Waals surface area contributed by atoms with Gasteiger partial charge in [0.15, 0.2) is 6.10 Å². The van der Waals surface area contributed by atoms with E-state index < -0.39 is 6.10 Å². The van der Waals surface area contributed by atoms with Gasteiger partial charge in [0.05, 0.1) is 0 Å². The fourth-order valence-electron chi connectivity index (χ4n) is 8.96. The molecule has 408 valence electrons. The molecule has 0 saturated heterocycles. The first-order valence-electron chi connectivity index (χ1n) is 30.7. The van der Waals surface area contributed by atoms with Crippen LogP contribution in [0.3, 0.4) is 0 Å². The zero-order chi connectivity index (χ0) is 50.7. The number of allylic oxidation sites excluding steroid dienone is 8. The van der Waals surface area contributed by atoms with Crippen LogP contribution in [0.2, 0.25) is 0 Å². The van der Waals surface area contributed by atoms with Crippen molar-refractivity contribution in [3.63, 3.8) is 0 Å². The molecule has 0 aliphatic heterocycles. The summed E-state index contributed by atoms with van der Waals surface area (Å²) in [6, 6.07) is 0. The van der Waals surface area contributed by atoms with Gasteiger partial charge in [0.2, 0.25) is 0 Å². The fraction of sp³-hybridized carbons (Fsp3) is 0.828. The Kier molecular flexibility index (Phi) is 56.7. The molecule has 0 N–H and O–H groups in total. The van der Waals surface area contributed by atoms with E-state index in [1.807, 2.05) is 0 Å². The molecule has 70 heavy (non-hydrogen) atoms. The number of hydrogen-bond acceptors (Lipinski definition) is 6. The maximum atomic E-state index is 12.9. The maximum Gasteiger partial charge on any atom is 0.306 e. The quantitative estimate of drug-likeness (QED) is 0.0261. The van der Waals surface area contributed by atoms with Gasteiger partial charge in [-0.25, -0.2) is 0 Å². The van der Waals surface area contributed by atoms with Gasteiger partial charge in [-0.2, -0.15) is 0 Å². The van der Waals surface area contributed by atoms with Gasteiger partial charge >= 0.3 is 17.9 Å². The van der Waals surface area contributed by atoms with Crippen LogP contribution in [0.15, 0.2) is 48.6 Å². The molecule has 6 nitrogen and oxygen atoms in total. The van der Waals surface area contributed by atoms with E-state index in [0.29, 0.717) is 19.3 Å². The molecule has 0 spiro atoms. The van der Waals surface area contributed by atoms with E-state index in [4.69, 9.17) is 14.2 Å². The van der Waals surface area contributed by atoms with Crippen LogP contribution < -0.4 is 0 Å². The van der Waals surface area contributed by atoms with Crippen LogP contribution >= 0.6 is 0 Å². The molecule has 1 unspecified atom stereocenters. The van der Waals surface area contributed by atoms with Crippen molar-refractivity contribution in [1.82, 2.24) is 0 Å². The minimum Gasteiger partial charge on any atom is -0.462 e. The zero-order valence-electron chi connectivity index (χ0n) is 46.8. The third kappa shape index (κ3) is 56.3. The number of carbonyl (C=O) groups is 3. The summed E-state index contributed by atoms with van der Waals surface area (Å²) in [5.41, 5.74) is 0. The predicted molar refractivity (Wildman–Crippen MR) is 302 cm³/mol. The van der Waals surface area contributed by atoms with E-state index in [-0.39, 0.29) is 31.1 Å². The van der Waals surface area contributed by atoms with Crippen molar-refractivity contribution in [3.8, 4) is 0 Å². The lowest BCUT2D eigenvalue weighted by Crippen LogP contribution is -2.30. The first-order valence-corrected chi connectivity index (χ1v) is 30.7. The van der Waals surface area contributed by atoms with E-state index >= 15 is 0 Å². The van der Waals surface area contributed by atoms with Gasteiger partial charge in [0.25, 0.3) is 0 Å². The molecule has 0 radical (unpaired) electrons. The standard InChI is InChI=1S/C64H116O6/c1-4-7-10-13-16-19-22-25-28-31-32-34-36-39-42-45-48-51-54-57-63(66)69-60-61(59-68-62(65)56-53-50-47-44-41-38-35-30-27-24-21-18-15-12-9-6-3)70-64(67)58-55-52-49-46-43-40-37-33-29-26-23-20-17-14-11-8-5-2/h16,19,22,25,30,35,38,41,61H,4-15,17-18,20-21,23-24,26-29,31-34,36-37,39-40,42-60H2,1-3H3/b19-16-,25-22-,35-30-,41-38-. The fourth-order valence-corrected chi connectivity index (χ4v) is 8.96. The first-order chi connectivity index (χ1) is 34.5. The van der Waals surface area contributed by atoms with Gasteiger partial charge in [-0.1, -0.05) is 281 Å². The Morgan fingerprint density at radius 3 is 0.800 bits per heavy atom. The molecule has 0 aromatic rings. The number of esters is 3. The van der Waals surface area contributed by atoms with E-state index in [9.17, 15) is 14.4 Å². The SMILES string of the molecule is CCCCC/C=C\C=C/CCCCCCCCCCCCC(=O)OCC(COC(=O)CCCCC/C=C\C=C/CCCCCCCCC)OC(=O)CCCCCCCCCCCCCCCCCCC. The Morgan fingerprint density at radius 2 is 0.500 bits per heavy atom. The molecular weight excluding hydrogens is 865 g/mol. The monoisotopic (exact) mass is 981 g/mol. The van der Waals surface area contributed by atoms with Crippen molar-refractivity contribution in [3.05, 3.63) is 48.6 Å². The highest BCUT2D eigenvalue weighted by molar-refractivity contribution is 5.71. The molecule has 0 aromatic heterocycles. The van der Waals surface area contributed by atoms with Gasteiger partial charge in [-0.05, 0) is 70.6 Å². The van der Waals surface area contributed by atoms with Crippen molar-refractivity contribution in [2.24, 2.45) is 0 Å². The van der Waals surface area contributed by atoms with Gasteiger partial charge in [0, 0.05) is 19.3 Å². The van der Waals surface area contributed by atoms with E-state index in [1.54, 1.807) is 0 Å². The zero-order valence-corrected chi connectivity index (χ0v) is 46.8. The molecule has 0 aliphatic rings. The summed E-state index contributed by atoms with van der Waals surface area (Å²) >= 11 is 0. The van der Waals surface area contributed by atoms with Gasteiger partial charge in [0.1, 0.15) is 13.2 Å². The molecule has 0 amide bonds. The Balaban J connectivity index is 4.38. The van der Waals surface area contributed by atoms with Crippen molar-refractivity contribution in [1.29, 1.82) is 0 Å². The smallest absolute Gasteiger partial charge is 0.306 e. The van der Waals surface area contributed by atoms with Crippen LogP contribution in [0, 0.1) is 0 Å². The predicted octanol–water partition coefficient (Wildman–Crippen LogP) is 20.6. The van der Waals surface area contributed by atoms with Crippen molar-refractivity contribution < 1.29 is 28.6 Å². The Morgan fingerprint density at radius 1 is 0.286 bits per heavy atom. The van der Waals surface area contributed by atoms with Crippen molar-refractivity contribution in [2.75, 3.05) is 13.2 Å². The summed E-state index contributed by atoms with van der Waals surface area (Å²) in [5, 5.41) is 0. The van der Waals surface area contributed by atoms with E-state index in [1.165, 1.54) is 212 Å². The summed E-state index contributed by atoms with van der Waals surface area (Å²) in [5.74, 6) is -0.891. The lowest BCUT2D eigenvalue weighted by atomic mass is 10.0. The molecule has 0 bridgehead atoms. The molecule has 0 aromatic carbocycles. The van der Waals surface area contributed by atoms with Crippen LogP contribution in [0.4, 0.5) is 0 Å². The minimum atomic E-state index is -0.783. The third-order valence-corrected chi connectivity index (χ3v) is 13.6. The highest BCUT2D eigenvalue weighted by Crippen LogP contribution is 2.17. The maximum absolute atomic E-state index is 12.9. The highest BCUT2D eigenvalue weighted by atomic mass is 16.6. The van der Waals surface area contributed by atoms with Crippen LogP contribution in [0.1, 0.15) is 323 Å². The molecule has 0 fully saturated rings. The molecule has 1 atom stereocenters.